The van der Waals surface area contributed by atoms with Crippen molar-refractivity contribution in [2.45, 2.75) is 36.8 Å². The Bertz CT molecular complexity index is 1410. The van der Waals surface area contributed by atoms with Crippen molar-refractivity contribution < 1.29 is 18.0 Å². The van der Waals surface area contributed by atoms with Crippen LogP contribution in [0.15, 0.2) is 36.9 Å². The van der Waals surface area contributed by atoms with Gasteiger partial charge in [0, 0.05) is 23.2 Å². The van der Waals surface area contributed by atoms with Crippen molar-refractivity contribution in [3.63, 3.8) is 0 Å². The molecule has 168 valence electrons. The van der Waals surface area contributed by atoms with Crippen molar-refractivity contribution in [2.24, 2.45) is 0 Å². The van der Waals surface area contributed by atoms with Crippen LogP contribution in [-0.4, -0.2) is 40.5 Å². The van der Waals surface area contributed by atoms with Crippen LogP contribution < -0.4 is 5.32 Å². The Morgan fingerprint density at radius 1 is 1.15 bits per heavy atom. The second-order valence-electron chi connectivity index (χ2n) is 8.24. The number of anilines is 1. The average molecular weight is 475 g/mol. The van der Waals surface area contributed by atoms with Crippen molar-refractivity contribution in [1.82, 2.24) is 34.6 Å². The number of fused-ring (bicyclic) bond motifs is 4. The van der Waals surface area contributed by atoms with Crippen LogP contribution in [0.5, 0.6) is 0 Å². The monoisotopic (exact) mass is 474 g/mol. The van der Waals surface area contributed by atoms with Crippen molar-refractivity contribution in [2.75, 3.05) is 5.32 Å². The third-order valence-corrected chi connectivity index (χ3v) is 6.36. The van der Waals surface area contributed by atoms with E-state index in [1.807, 2.05) is 0 Å². The van der Waals surface area contributed by atoms with Crippen LogP contribution in [0, 0.1) is 0 Å². The number of carbonyl (C=O) groups is 1. The Labute approximate surface area is 188 Å². The molecule has 0 radical (unpaired) electrons. The topological polar surface area (TPSA) is 103 Å². The molecular weight excluding hydrogens is 461 g/mol. The number of rotatable bonds is 3. The van der Waals surface area contributed by atoms with Crippen LogP contribution in [-0.2, 0) is 16.4 Å². The van der Waals surface area contributed by atoms with Crippen LogP contribution in [0.4, 0.5) is 18.9 Å². The molecule has 1 unspecified atom stereocenters. The minimum Gasteiger partial charge on any atom is -0.324 e. The Balaban J connectivity index is 1.35. The van der Waals surface area contributed by atoms with Gasteiger partial charge in [-0.2, -0.15) is 28.5 Å². The highest BCUT2D eigenvalue weighted by atomic mass is 35.5. The van der Waals surface area contributed by atoms with Crippen LogP contribution in [0.3, 0.4) is 0 Å². The maximum atomic E-state index is 13.7. The largest absolute Gasteiger partial charge is 0.420 e. The van der Waals surface area contributed by atoms with Gasteiger partial charge in [0.15, 0.2) is 16.6 Å². The number of halogens is 4. The van der Waals surface area contributed by atoms with E-state index in [0.717, 1.165) is 35.6 Å². The maximum Gasteiger partial charge on any atom is 0.420 e. The summed E-state index contributed by atoms with van der Waals surface area (Å²) in [6.07, 6.45) is 2.89. The molecule has 0 aromatic carbocycles. The highest BCUT2D eigenvalue weighted by Crippen LogP contribution is 2.60. The summed E-state index contributed by atoms with van der Waals surface area (Å²) in [5, 5.41) is 14.6. The first kappa shape index (κ1) is 20.1. The van der Waals surface area contributed by atoms with Crippen LogP contribution in [0.1, 0.15) is 42.0 Å². The number of alkyl halides is 3. The van der Waals surface area contributed by atoms with Gasteiger partial charge in [-0.1, -0.05) is 11.6 Å². The SMILES string of the molecule is O=C(Nc1cnc(-n2nccn2)c(C(F)(F)F)c1)C1CC2(CC2)c2c1cnc1cc(Cl)nn21. The van der Waals surface area contributed by atoms with Gasteiger partial charge in [0.25, 0.3) is 0 Å². The molecule has 0 bridgehead atoms. The molecule has 33 heavy (non-hydrogen) atoms. The van der Waals surface area contributed by atoms with E-state index in [1.54, 1.807) is 16.8 Å². The third kappa shape index (κ3) is 3.16. The first-order valence-corrected chi connectivity index (χ1v) is 10.4. The number of aromatic nitrogens is 7. The van der Waals surface area contributed by atoms with Crippen LogP contribution >= 0.6 is 11.6 Å². The number of amides is 1. The molecule has 13 heteroatoms. The Kier molecular flexibility index (Phi) is 4.10. The van der Waals surface area contributed by atoms with E-state index in [0.29, 0.717) is 22.8 Å². The smallest absolute Gasteiger partial charge is 0.324 e. The lowest BCUT2D eigenvalue weighted by Gasteiger charge is -2.15. The number of carbonyl (C=O) groups excluding carboxylic acids is 1. The molecular formula is C20H14ClF3N8O. The summed E-state index contributed by atoms with van der Waals surface area (Å²) in [6.45, 7) is 0. The van der Waals surface area contributed by atoms with Crippen LogP contribution in [0.25, 0.3) is 11.5 Å². The molecule has 2 aliphatic carbocycles. The molecule has 1 amide bonds. The lowest BCUT2D eigenvalue weighted by Crippen LogP contribution is -2.21. The van der Waals surface area contributed by atoms with Gasteiger partial charge >= 0.3 is 6.18 Å². The second kappa shape index (κ2) is 6.73. The number of nitrogens with one attached hydrogen (secondary N) is 1. The molecule has 0 saturated heterocycles. The van der Waals surface area contributed by atoms with Gasteiger partial charge in [-0.25, -0.2) is 14.5 Å². The molecule has 6 rings (SSSR count). The quantitative estimate of drug-likeness (QED) is 0.487. The molecule has 2 aliphatic rings. The zero-order valence-electron chi connectivity index (χ0n) is 16.7. The summed E-state index contributed by atoms with van der Waals surface area (Å²) in [5.74, 6) is -1.49. The molecule has 4 aromatic heterocycles. The van der Waals surface area contributed by atoms with Gasteiger partial charge in [-0.05, 0) is 25.3 Å². The molecule has 4 heterocycles. The number of nitrogens with zero attached hydrogens (tertiary/aromatic N) is 7. The standard InChI is InChI=1S/C20H14ClF3N8O/c21-14-6-15-25-9-12-11(7-19(1-2-19)16(12)31(15)30-14)18(33)29-10-5-13(20(22,23)24)17(26-8-10)32-27-3-4-28-32/h3-6,8-9,11H,1-2,7H2,(H,29,33). The van der Waals surface area contributed by atoms with E-state index >= 15 is 0 Å². The molecule has 1 fully saturated rings. The lowest BCUT2D eigenvalue weighted by molar-refractivity contribution is -0.137. The summed E-state index contributed by atoms with van der Waals surface area (Å²) >= 11 is 6.05. The van der Waals surface area contributed by atoms with Crippen molar-refractivity contribution >= 4 is 28.8 Å². The fourth-order valence-corrected chi connectivity index (χ4v) is 4.75. The molecule has 0 aliphatic heterocycles. The normalized spacial score (nSPS) is 18.6. The number of hydrogen-bond donors (Lipinski definition) is 1. The van der Waals surface area contributed by atoms with Gasteiger partial charge in [0.1, 0.15) is 5.56 Å². The third-order valence-electron chi connectivity index (χ3n) is 6.17. The minimum atomic E-state index is -4.72. The molecule has 1 saturated carbocycles. The summed E-state index contributed by atoms with van der Waals surface area (Å²) in [5.41, 5.74) is 0.869. The predicted octanol–water partition coefficient (Wildman–Crippen LogP) is 3.53. The Morgan fingerprint density at radius 2 is 1.91 bits per heavy atom. The van der Waals surface area contributed by atoms with Crippen molar-refractivity contribution in [1.29, 1.82) is 0 Å². The zero-order valence-corrected chi connectivity index (χ0v) is 17.5. The van der Waals surface area contributed by atoms with Crippen molar-refractivity contribution in [3.8, 4) is 5.82 Å². The zero-order chi connectivity index (χ0) is 23.0. The molecule has 1 atom stereocenters. The fraction of sp³-hybridized carbons (Fsp3) is 0.300. The number of hydrogen-bond acceptors (Lipinski definition) is 6. The van der Waals surface area contributed by atoms with Gasteiger partial charge in [-0.3, -0.25) is 4.79 Å². The van der Waals surface area contributed by atoms with E-state index in [9.17, 15) is 18.0 Å². The Morgan fingerprint density at radius 3 is 2.61 bits per heavy atom. The second-order valence-corrected chi connectivity index (χ2v) is 8.62. The first-order valence-electron chi connectivity index (χ1n) is 10.0. The summed E-state index contributed by atoms with van der Waals surface area (Å²) in [6, 6.07) is 2.48. The van der Waals surface area contributed by atoms with Gasteiger partial charge in [0.2, 0.25) is 5.91 Å². The highest BCUT2D eigenvalue weighted by molar-refractivity contribution is 6.29. The summed E-state index contributed by atoms with van der Waals surface area (Å²) in [4.78, 5) is 22.2. The summed E-state index contributed by atoms with van der Waals surface area (Å²) < 4.78 is 42.7. The summed E-state index contributed by atoms with van der Waals surface area (Å²) in [7, 11) is 0. The number of pyridine rings is 1. The van der Waals surface area contributed by atoms with Crippen molar-refractivity contribution in [3.05, 3.63) is 58.9 Å². The van der Waals surface area contributed by atoms with E-state index < -0.39 is 29.4 Å². The van der Waals surface area contributed by atoms with Crippen LogP contribution in [0.2, 0.25) is 5.15 Å². The predicted molar refractivity (Wildman–Crippen MR) is 109 cm³/mol. The highest BCUT2D eigenvalue weighted by Gasteiger charge is 2.56. The maximum absolute atomic E-state index is 13.7. The fourth-order valence-electron chi connectivity index (χ4n) is 4.58. The van der Waals surface area contributed by atoms with E-state index in [2.05, 4.69) is 30.6 Å². The van der Waals surface area contributed by atoms with E-state index in [1.165, 1.54) is 12.4 Å². The molecule has 4 aromatic rings. The average Bonchev–Trinajstić information content (AvgIpc) is 3.10. The van der Waals surface area contributed by atoms with Gasteiger partial charge < -0.3 is 5.32 Å². The van der Waals surface area contributed by atoms with Gasteiger partial charge in [0.05, 0.1) is 35.9 Å². The minimum absolute atomic E-state index is 0.0716. The Hall–Kier alpha value is -3.54. The lowest BCUT2D eigenvalue weighted by atomic mass is 9.99. The van der Waals surface area contributed by atoms with E-state index in [4.69, 9.17) is 11.6 Å². The molecule has 1 spiro atoms. The first-order chi connectivity index (χ1) is 15.7. The molecule has 9 nitrogen and oxygen atoms in total. The molecule has 1 N–H and O–H groups in total. The van der Waals surface area contributed by atoms with E-state index in [-0.39, 0.29) is 11.1 Å². The van der Waals surface area contributed by atoms with Gasteiger partial charge in [-0.15, -0.1) is 4.80 Å².